The van der Waals surface area contributed by atoms with Gasteiger partial charge in [-0.2, -0.15) is 13.2 Å². The Morgan fingerprint density at radius 3 is 2.77 bits per heavy atom. The van der Waals surface area contributed by atoms with Gasteiger partial charge in [0.1, 0.15) is 11.5 Å². The quantitative estimate of drug-likeness (QED) is 0.868. The zero-order valence-corrected chi connectivity index (χ0v) is 12.7. The van der Waals surface area contributed by atoms with Crippen molar-refractivity contribution in [2.75, 3.05) is 24.5 Å². The number of halogens is 3. The Morgan fingerprint density at radius 2 is 2.18 bits per heavy atom. The minimum Gasteiger partial charge on any atom is -0.354 e. The molecule has 1 aromatic rings. The van der Waals surface area contributed by atoms with E-state index in [-0.39, 0.29) is 12.3 Å². The van der Waals surface area contributed by atoms with E-state index in [9.17, 15) is 18.0 Å². The molecule has 1 aliphatic heterocycles. The standard InChI is InChI=1S/C15H20F3N3O/c1-10(2)7-11-8-21(6-5-19-11)14-4-3-12(15(16,17)18)13(9-22)20-14/h3-4,9-11,19H,5-8H2,1-2H3. The fraction of sp³-hybridized carbons (Fsp3) is 0.600. The Morgan fingerprint density at radius 1 is 1.45 bits per heavy atom. The molecule has 7 heteroatoms. The van der Waals surface area contributed by atoms with Crippen LogP contribution in [-0.2, 0) is 6.18 Å². The molecule has 0 bridgehead atoms. The number of rotatable bonds is 4. The predicted octanol–water partition coefficient (Wildman–Crippen LogP) is 2.74. The van der Waals surface area contributed by atoms with Gasteiger partial charge in [-0.1, -0.05) is 13.8 Å². The Hall–Kier alpha value is -1.63. The molecular formula is C15H20F3N3O. The van der Waals surface area contributed by atoms with E-state index in [1.807, 2.05) is 4.90 Å². The van der Waals surface area contributed by atoms with Crippen LogP contribution in [0.15, 0.2) is 12.1 Å². The maximum atomic E-state index is 12.8. The van der Waals surface area contributed by atoms with Crippen molar-refractivity contribution < 1.29 is 18.0 Å². The summed E-state index contributed by atoms with van der Waals surface area (Å²) >= 11 is 0. The molecule has 2 rings (SSSR count). The monoisotopic (exact) mass is 315 g/mol. The van der Waals surface area contributed by atoms with Crippen LogP contribution in [0, 0.1) is 5.92 Å². The van der Waals surface area contributed by atoms with E-state index in [0.29, 0.717) is 24.8 Å². The van der Waals surface area contributed by atoms with Crippen molar-refractivity contribution in [1.82, 2.24) is 10.3 Å². The van der Waals surface area contributed by atoms with E-state index in [2.05, 4.69) is 24.1 Å². The van der Waals surface area contributed by atoms with Gasteiger partial charge in [0.05, 0.1) is 5.56 Å². The number of piperazine rings is 1. The van der Waals surface area contributed by atoms with Crippen LogP contribution < -0.4 is 10.2 Å². The number of nitrogens with zero attached hydrogens (tertiary/aromatic N) is 2. The third-order valence-electron chi connectivity index (χ3n) is 3.66. The van der Waals surface area contributed by atoms with Gasteiger partial charge in [-0.3, -0.25) is 4.79 Å². The first-order valence-electron chi connectivity index (χ1n) is 7.33. The Kier molecular flexibility index (Phi) is 5.05. The average molecular weight is 315 g/mol. The van der Waals surface area contributed by atoms with Gasteiger partial charge in [-0.25, -0.2) is 4.98 Å². The third kappa shape index (κ3) is 3.97. The van der Waals surface area contributed by atoms with Crippen molar-refractivity contribution in [3.05, 3.63) is 23.4 Å². The number of hydrogen-bond acceptors (Lipinski definition) is 4. The van der Waals surface area contributed by atoms with E-state index in [1.54, 1.807) is 0 Å². The molecule has 122 valence electrons. The number of aldehydes is 1. The summed E-state index contributed by atoms with van der Waals surface area (Å²) in [6, 6.07) is 2.55. The highest BCUT2D eigenvalue weighted by molar-refractivity contribution is 5.75. The summed E-state index contributed by atoms with van der Waals surface area (Å²) in [5.74, 6) is 0.953. The second-order valence-electron chi connectivity index (χ2n) is 5.94. The van der Waals surface area contributed by atoms with Crippen LogP contribution >= 0.6 is 0 Å². The van der Waals surface area contributed by atoms with E-state index in [0.717, 1.165) is 19.0 Å². The lowest BCUT2D eigenvalue weighted by molar-refractivity contribution is -0.138. The summed E-state index contributed by atoms with van der Waals surface area (Å²) in [7, 11) is 0. The van der Waals surface area contributed by atoms with Crippen LogP contribution in [0.1, 0.15) is 36.3 Å². The molecule has 0 saturated carbocycles. The largest absolute Gasteiger partial charge is 0.418 e. The Labute approximate surface area is 127 Å². The number of anilines is 1. The zero-order chi connectivity index (χ0) is 16.3. The molecule has 0 amide bonds. The second kappa shape index (κ2) is 6.64. The van der Waals surface area contributed by atoms with Crippen molar-refractivity contribution in [3.8, 4) is 0 Å². The lowest BCUT2D eigenvalue weighted by Crippen LogP contribution is -2.51. The Balaban J connectivity index is 2.20. The highest BCUT2D eigenvalue weighted by Crippen LogP contribution is 2.32. The zero-order valence-electron chi connectivity index (χ0n) is 12.7. The van der Waals surface area contributed by atoms with Crippen LogP contribution in [0.25, 0.3) is 0 Å². The molecule has 1 saturated heterocycles. The molecule has 0 radical (unpaired) electrons. The van der Waals surface area contributed by atoms with E-state index < -0.39 is 17.4 Å². The lowest BCUT2D eigenvalue weighted by Gasteiger charge is -2.35. The average Bonchev–Trinajstić information content (AvgIpc) is 2.45. The first kappa shape index (κ1) is 16.7. The molecule has 2 heterocycles. The minimum atomic E-state index is -4.56. The molecule has 0 spiro atoms. The van der Waals surface area contributed by atoms with Gasteiger partial charge >= 0.3 is 6.18 Å². The lowest BCUT2D eigenvalue weighted by atomic mass is 10.0. The Bertz CT molecular complexity index is 531. The van der Waals surface area contributed by atoms with Crippen LogP contribution in [0.2, 0.25) is 0 Å². The molecule has 0 aliphatic carbocycles. The van der Waals surface area contributed by atoms with Gasteiger partial charge in [-0.15, -0.1) is 0 Å². The number of alkyl halides is 3. The number of aromatic nitrogens is 1. The van der Waals surface area contributed by atoms with Crippen molar-refractivity contribution in [2.45, 2.75) is 32.5 Å². The van der Waals surface area contributed by atoms with Gasteiger partial charge in [0.15, 0.2) is 6.29 Å². The molecule has 1 unspecified atom stereocenters. The van der Waals surface area contributed by atoms with E-state index >= 15 is 0 Å². The number of carbonyl (C=O) groups is 1. The van der Waals surface area contributed by atoms with Crippen molar-refractivity contribution in [2.24, 2.45) is 5.92 Å². The SMILES string of the molecule is CC(C)CC1CN(c2ccc(C(F)(F)F)c(C=O)n2)CCN1. The van der Waals surface area contributed by atoms with Crippen molar-refractivity contribution >= 4 is 12.1 Å². The van der Waals surface area contributed by atoms with Crippen LogP contribution in [0.3, 0.4) is 0 Å². The molecule has 0 aromatic carbocycles. The molecule has 4 nitrogen and oxygen atoms in total. The molecule has 1 aromatic heterocycles. The highest BCUT2D eigenvalue weighted by Gasteiger charge is 2.34. The van der Waals surface area contributed by atoms with Crippen molar-refractivity contribution in [1.29, 1.82) is 0 Å². The summed E-state index contributed by atoms with van der Waals surface area (Å²) < 4.78 is 38.4. The molecule has 1 aliphatic rings. The van der Waals surface area contributed by atoms with Crippen LogP contribution in [-0.4, -0.2) is 36.9 Å². The third-order valence-corrected chi connectivity index (χ3v) is 3.66. The fourth-order valence-corrected chi connectivity index (χ4v) is 2.73. The summed E-state index contributed by atoms with van der Waals surface area (Å²) in [4.78, 5) is 16.8. The highest BCUT2D eigenvalue weighted by atomic mass is 19.4. The summed E-state index contributed by atoms with van der Waals surface area (Å²) in [5.41, 5.74) is -1.54. The molecular weight excluding hydrogens is 295 g/mol. The van der Waals surface area contributed by atoms with Gasteiger partial charge < -0.3 is 10.2 Å². The molecule has 1 atom stereocenters. The van der Waals surface area contributed by atoms with E-state index in [4.69, 9.17) is 0 Å². The predicted molar refractivity (Wildman–Crippen MR) is 78.1 cm³/mol. The van der Waals surface area contributed by atoms with Crippen molar-refractivity contribution in [3.63, 3.8) is 0 Å². The van der Waals surface area contributed by atoms with Gasteiger partial charge in [0, 0.05) is 25.7 Å². The van der Waals surface area contributed by atoms with Crippen LogP contribution in [0.5, 0.6) is 0 Å². The smallest absolute Gasteiger partial charge is 0.354 e. The van der Waals surface area contributed by atoms with Gasteiger partial charge in [0.2, 0.25) is 0 Å². The van der Waals surface area contributed by atoms with Crippen LogP contribution in [0.4, 0.5) is 19.0 Å². The summed E-state index contributed by atoms with van der Waals surface area (Å²) in [6.07, 6.45) is -3.41. The molecule has 1 N–H and O–H groups in total. The fourth-order valence-electron chi connectivity index (χ4n) is 2.73. The minimum absolute atomic E-state index is 0.167. The maximum absolute atomic E-state index is 12.8. The summed E-state index contributed by atoms with van der Waals surface area (Å²) in [5, 5.41) is 3.40. The van der Waals surface area contributed by atoms with Gasteiger partial charge in [-0.05, 0) is 24.5 Å². The normalized spacial score (nSPS) is 19.5. The number of hydrogen-bond donors (Lipinski definition) is 1. The first-order valence-corrected chi connectivity index (χ1v) is 7.33. The van der Waals surface area contributed by atoms with Gasteiger partial charge in [0.25, 0.3) is 0 Å². The number of nitrogens with one attached hydrogen (secondary N) is 1. The summed E-state index contributed by atoms with van der Waals surface area (Å²) in [6.45, 7) is 6.33. The maximum Gasteiger partial charge on any atom is 0.418 e. The molecule has 1 fully saturated rings. The second-order valence-corrected chi connectivity index (χ2v) is 5.94. The number of carbonyl (C=O) groups excluding carboxylic acids is 1. The first-order chi connectivity index (χ1) is 10.3. The van der Waals surface area contributed by atoms with E-state index in [1.165, 1.54) is 6.07 Å². The molecule has 22 heavy (non-hydrogen) atoms. The topological polar surface area (TPSA) is 45.2 Å². The number of pyridine rings is 1.